The van der Waals surface area contributed by atoms with E-state index >= 15 is 0 Å². The minimum Gasteiger partial charge on any atom is -0.475 e. The lowest BCUT2D eigenvalue weighted by Crippen LogP contribution is -2.46. The molecule has 11 heteroatoms. The second kappa shape index (κ2) is 10.6. The van der Waals surface area contributed by atoms with E-state index in [9.17, 15) is 9.59 Å². The molecule has 0 saturated carbocycles. The van der Waals surface area contributed by atoms with Gasteiger partial charge in [0.2, 0.25) is 11.8 Å². The van der Waals surface area contributed by atoms with E-state index in [1.54, 1.807) is 48.6 Å². The van der Waals surface area contributed by atoms with Crippen LogP contribution < -0.4 is 20.4 Å². The Morgan fingerprint density at radius 2 is 1.81 bits per heavy atom. The zero-order valence-electron chi connectivity index (χ0n) is 23.8. The number of rotatable bonds is 6. The molecule has 0 atom stereocenters. The molecule has 11 nitrogen and oxygen atoms in total. The fourth-order valence-electron chi connectivity index (χ4n) is 4.80. The number of aryl methyl sites for hydroxylation is 1. The van der Waals surface area contributed by atoms with E-state index in [2.05, 4.69) is 30.6 Å². The van der Waals surface area contributed by atoms with Crippen molar-refractivity contribution < 1.29 is 14.3 Å². The maximum atomic E-state index is 13.5. The quantitative estimate of drug-likeness (QED) is 0.326. The summed E-state index contributed by atoms with van der Waals surface area (Å²) in [5.74, 6) is 1.13. The zero-order chi connectivity index (χ0) is 29.4. The first-order valence-corrected chi connectivity index (χ1v) is 13.5. The lowest BCUT2D eigenvalue weighted by atomic mass is 10.1. The third-order valence-electron chi connectivity index (χ3n) is 6.98. The average molecular weight is 563 g/mol. The molecule has 0 aliphatic carbocycles. The standard InChI is InChI=1S/C31H30N8O3/c1-19-25(39-17-22-15-33-29(35-23-11-6-5-7-12-23)36-26(22)38(4)30(39)41)14-24(16-32-19)34-27(40)20-9-8-10-21(13-20)28-37-31(2,3)18-42-28/h5-16H,17-18H2,1-4H3,(H,34,40)(H,33,35,36). The van der Waals surface area contributed by atoms with Crippen LogP contribution in [0.2, 0.25) is 0 Å². The van der Waals surface area contributed by atoms with Crippen LogP contribution in [-0.2, 0) is 11.3 Å². The Balaban J connectivity index is 1.22. The van der Waals surface area contributed by atoms with Crippen LogP contribution in [0.4, 0.5) is 33.6 Å². The van der Waals surface area contributed by atoms with Gasteiger partial charge in [-0.3, -0.25) is 19.6 Å². The minimum atomic E-state index is -0.314. The number of aromatic nitrogens is 3. The highest BCUT2D eigenvalue weighted by Gasteiger charge is 2.32. The van der Waals surface area contributed by atoms with E-state index in [0.717, 1.165) is 16.8 Å². The van der Waals surface area contributed by atoms with Gasteiger partial charge in [-0.15, -0.1) is 0 Å². The highest BCUT2D eigenvalue weighted by Crippen LogP contribution is 2.33. The Hall–Kier alpha value is -5.32. The molecule has 2 aliphatic rings. The lowest BCUT2D eigenvalue weighted by Gasteiger charge is -2.34. The number of nitrogens with zero attached hydrogens (tertiary/aromatic N) is 6. The fraction of sp³-hybridized carbons (Fsp3) is 0.226. The number of pyridine rings is 1. The van der Waals surface area contributed by atoms with Crippen molar-refractivity contribution in [2.24, 2.45) is 4.99 Å². The first-order chi connectivity index (χ1) is 20.2. The van der Waals surface area contributed by atoms with Crippen molar-refractivity contribution in [2.45, 2.75) is 32.9 Å². The third kappa shape index (κ3) is 5.36. The average Bonchev–Trinajstić information content (AvgIpc) is 3.36. The second-order valence-corrected chi connectivity index (χ2v) is 10.8. The maximum Gasteiger partial charge on any atom is 0.330 e. The van der Waals surface area contributed by atoms with Gasteiger partial charge in [0.25, 0.3) is 5.91 Å². The van der Waals surface area contributed by atoms with E-state index < -0.39 is 0 Å². The molecular weight excluding hydrogens is 532 g/mol. The number of para-hydroxylation sites is 1. The summed E-state index contributed by atoms with van der Waals surface area (Å²) in [7, 11) is 1.67. The van der Waals surface area contributed by atoms with Gasteiger partial charge in [0.1, 0.15) is 12.4 Å². The zero-order valence-corrected chi connectivity index (χ0v) is 23.8. The highest BCUT2D eigenvalue weighted by atomic mass is 16.5. The van der Waals surface area contributed by atoms with E-state index in [0.29, 0.717) is 46.9 Å². The molecule has 2 aliphatic heterocycles. The molecule has 4 heterocycles. The molecule has 0 bridgehead atoms. The Morgan fingerprint density at radius 1 is 1.00 bits per heavy atom. The van der Waals surface area contributed by atoms with Gasteiger partial charge in [-0.2, -0.15) is 4.98 Å². The van der Waals surface area contributed by atoms with Crippen LogP contribution >= 0.6 is 0 Å². The lowest BCUT2D eigenvalue weighted by molar-refractivity contribution is 0.102. The van der Waals surface area contributed by atoms with Gasteiger partial charge < -0.3 is 15.4 Å². The number of ether oxygens (including phenoxy) is 1. The predicted molar refractivity (Wildman–Crippen MR) is 162 cm³/mol. The molecule has 0 radical (unpaired) electrons. The molecule has 3 amide bonds. The molecule has 4 aromatic rings. The van der Waals surface area contributed by atoms with Gasteiger partial charge >= 0.3 is 6.03 Å². The summed E-state index contributed by atoms with van der Waals surface area (Å²) in [5, 5.41) is 6.07. The SMILES string of the molecule is Cc1ncc(NC(=O)c2cccc(C3=NC(C)(C)CO3)c2)cc1N1Cc2cnc(Nc3ccccc3)nc2N(C)C1=O. The van der Waals surface area contributed by atoms with Gasteiger partial charge in [0.15, 0.2) is 0 Å². The number of amides is 3. The molecule has 42 heavy (non-hydrogen) atoms. The summed E-state index contributed by atoms with van der Waals surface area (Å²) in [6.45, 7) is 6.55. The normalized spacial score (nSPS) is 15.5. The van der Waals surface area contributed by atoms with Crippen LogP contribution in [0.15, 0.2) is 78.0 Å². The smallest absolute Gasteiger partial charge is 0.330 e. The molecule has 6 rings (SSSR count). The third-order valence-corrected chi connectivity index (χ3v) is 6.98. The Labute approximate surface area is 243 Å². The topological polar surface area (TPSA) is 125 Å². The van der Waals surface area contributed by atoms with Gasteiger partial charge in [-0.1, -0.05) is 24.3 Å². The first-order valence-electron chi connectivity index (χ1n) is 13.5. The molecule has 0 saturated heterocycles. The summed E-state index contributed by atoms with van der Waals surface area (Å²) in [5.41, 5.74) is 4.19. The van der Waals surface area contributed by atoms with Crippen LogP contribution in [0.1, 0.15) is 41.0 Å². The van der Waals surface area contributed by atoms with E-state index in [-0.39, 0.29) is 24.0 Å². The van der Waals surface area contributed by atoms with Crippen LogP contribution in [0, 0.1) is 6.92 Å². The summed E-state index contributed by atoms with van der Waals surface area (Å²) >= 11 is 0. The number of benzene rings is 2. The Morgan fingerprint density at radius 3 is 2.57 bits per heavy atom. The number of anilines is 5. The summed E-state index contributed by atoms with van der Waals surface area (Å²) in [6, 6.07) is 18.2. The number of hydrogen-bond acceptors (Lipinski definition) is 8. The predicted octanol–water partition coefficient (Wildman–Crippen LogP) is 5.31. The van der Waals surface area contributed by atoms with Crippen molar-refractivity contribution in [3.05, 3.63) is 95.4 Å². The number of nitrogens with one attached hydrogen (secondary N) is 2. The summed E-state index contributed by atoms with van der Waals surface area (Å²) in [4.78, 5) is 47.9. The molecule has 0 unspecified atom stereocenters. The minimum absolute atomic E-state index is 0.255. The number of carbonyl (C=O) groups is 2. The molecule has 2 N–H and O–H groups in total. The maximum absolute atomic E-state index is 13.5. The number of fused-ring (bicyclic) bond motifs is 1. The molecule has 212 valence electrons. The van der Waals surface area contributed by atoms with Crippen molar-refractivity contribution in [2.75, 3.05) is 34.1 Å². The van der Waals surface area contributed by atoms with E-state index in [4.69, 9.17) is 4.74 Å². The van der Waals surface area contributed by atoms with Crippen molar-refractivity contribution in [3.8, 4) is 0 Å². The Bertz CT molecular complexity index is 1720. The van der Waals surface area contributed by atoms with Gasteiger partial charge in [-0.25, -0.2) is 14.8 Å². The van der Waals surface area contributed by atoms with Crippen molar-refractivity contribution in [3.63, 3.8) is 0 Å². The summed E-state index contributed by atoms with van der Waals surface area (Å²) < 4.78 is 5.73. The molecule has 2 aromatic carbocycles. The van der Waals surface area contributed by atoms with Crippen molar-refractivity contribution in [1.29, 1.82) is 0 Å². The second-order valence-electron chi connectivity index (χ2n) is 10.8. The van der Waals surface area contributed by atoms with E-state index in [1.807, 2.05) is 57.2 Å². The van der Waals surface area contributed by atoms with Crippen LogP contribution in [0.25, 0.3) is 0 Å². The first kappa shape index (κ1) is 26.9. The molecule has 0 fully saturated rings. The number of urea groups is 1. The van der Waals surface area contributed by atoms with Crippen molar-refractivity contribution >= 4 is 46.7 Å². The molecular formula is C31H30N8O3. The Kier molecular flexibility index (Phi) is 6.77. The molecule has 0 spiro atoms. The number of carbonyl (C=O) groups excluding carboxylic acids is 2. The van der Waals surface area contributed by atoms with Crippen molar-refractivity contribution in [1.82, 2.24) is 15.0 Å². The largest absolute Gasteiger partial charge is 0.475 e. The van der Waals surface area contributed by atoms with E-state index in [1.165, 1.54) is 4.90 Å². The van der Waals surface area contributed by atoms with Crippen LogP contribution in [0.3, 0.4) is 0 Å². The number of hydrogen-bond donors (Lipinski definition) is 2. The highest BCUT2D eigenvalue weighted by molar-refractivity contribution is 6.08. The van der Waals surface area contributed by atoms with Gasteiger partial charge in [0.05, 0.1) is 35.3 Å². The number of aliphatic imine (C=N–C) groups is 1. The monoisotopic (exact) mass is 562 g/mol. The van der Waals surface area contributed by atoms with Gasteiger partial charge in [-0.05, 0) is 57.2 Å². The van der Waals surface area contributed by atoms with Crippen LogP contribution in [-0.4, -0.2) is 52.0 Å². The van der Waals surface area contributed by atoms with Gasteiger partial charge in [0, 0.05) is 35.6 Å². The van der Waals surface area contributed by atoms with Crippen LogP contribution in [0.5, 0.6) is 0 Å². The fourth-order valence-corrected chi connectivity index (χ4v) is 4.80. The molecule has 2 aromatic heterocycles. The summed E-state index contributed by atoms with van der Waals surface area (Å²) in [6.07, 6.45) is 3.29.